The topological polar surface area (TPSA) is 58.4 Å². The van der Waals surface area contributed by atoms with Crippen LogP contribution in [0.15, 0.2) is 28.9 Å². The van der Waals surface area contributed by atoms with Gasteiger partial charge >= 0.3 is 0 Å². The van der Waals surface area contributed by atoms with E-state index in [9.17, 15) is 4.79 Å². The fourth-order valence-electron chi connectivity index (χ4n) is 3.36. The van der Waals surface area contributed by atoms with Crippen molar-refractivity contribution in [3.05, 3.63) is 46.8 Å². The monoisotopic (exact) mass is 341 g/mol. The highest BCUT2D eigenvalue weighted by Gasteiger charge is 2.27. The molecule has 1 N–H and O–H groups in total. The minimum Gasteiger partial charge on any atom is -0.381 e. The molecule has 1 aliphatic rings. The molecular formula is C20H27N3O2. The van der Waals surface area contributed by atoms with Crippen LogP contribution in [0.1, 0.15) is 53.4 Å². The van der Waals surface area contributed by atoms with Crippen molar-refractivity contribution >= 4 is 11.6 Å². The molecule has 0 spiro atoms. The molecule has 0 saturated carbocycles. The Hall–Kier alpha value is -2.30. The van der Waals surface area contributed by atoms with Gasteiger partial charge in [0.2, 0.25) is 0 Å². The lowest BCUT2D eigenvalue weighted by Gasteiger charge is -2.33. The summed E-state index contributed by atoms with van der Waals surface area (Å²) in [5, 5.41) is 7.41. The summed E-state index contributed by atoms with van der Waals surface area (Å²) in [6.45, 7) is 7.82. The lowest BCUT2D eigenvalue weighted by Crippen LogP contribution is -2.45. The molecule has 1 aromatic carbocycles. The van der Waals surface area contributed by atoms with Crippen LogP contribution < -0.4 is 5.32 Å². The smallest absolute Gasteiger partial charge is 0.259 e. The number of carbonyl (C=O) groups excluding carboxylic acids is 1. The van der Waals surface area contributed by atoms with Crippen molar-refractivity contribution in [2.45, 2.75) is 52.5 Å². The Bertz CT molecular complexity index is 738. The van der Waals surface area contributed by atoms with E-state index >= 15 is 0 Å². The lowest BCUT2D eigenvalue weighted by atomic mass is 10.0. The van der Waals surface area contributed by atoms with E-state index in [4.69, 9.17) is 4.52 Å². The zero-order chi connectivity index (χ0) is 17.8. The average molecular weight is 341 g/mol. The molecular weight excluding hydrogens is 314 g/mol. The number of hydrogen-bond donors (Lipinski definition) is 1. The van der Waals surface area contributed by atoms with Crippen molar-refractivity contribution in [3.8, 4) is 0 Å². The predicted octanol–water partition coefficient (Wildman–Crippen LogP) is 3.96. The SMILES string of the molecule is CCCc1oncc1C(=O)N1CCC[C@H](Nc2ccc(C)c(C)c2)C1. The molecule has 1 aliphatic heterocycles. The Kier molecular flexibility index (Phi) is 5.41. The first-order valence-corrected chi connectivity index (χ1v) is 9.15. The summed E-state index contributed by atoms with van der Waals surface area (Å²) < 4.78 is 5.25. The van der Waals surface area contributed by atoms with Gasteiger partial charge in [-0.15, -0.1) is 0 Å². The van der Waals surface area contributed by atoms with E-state index in [1.54, 1.807) is 6.20 Å². The summed E-state index contributed by atoms with van der Waals surface area (Å²) in [5.74, 6) is 0.744. The van der Waals surface area contributed by atoms with Gasteiger partial charge in [-0.3, -0.25) is 4.79 Å². The number of anilines is 1. The Morgan fingerprint density at radius 3 is 2.96 bits per heavy atom. The number of carbonyl (C=O) groups is 1. The fraction of sp³-hybridized carbons (Fsp3) is 0.500. The number of rotatable bonds is 5. The number of likely N-dealkylation sites (tertiary alicyclic amines) is 1. The zero-order valence-corrected chi connectivity index (χ0v) is 15.3. The number of aryl methyl sites for hydroxylation is 3. The first kappa shape index (κ1) is 17.5. The largest absolute Gasteiger partial charge is 0.381 e. The average Bonchev–Trinajstić information content (AvgIpc) is 3.06. The third kappa shape index (κ3) is 4.03. The third-order valence-corrected chi connectivity index (χ3v) is 4.94. The first-order chi connectivity index (χ1) is 12.1. The molecule has 2 heterocycles. The molecule has 2 aromatic rings. The van der Waals surface area contributed by atoms with E-state index < -0.39 is 0 Å². The second-order valence-electron chi connectivity index (χ2n) is 6.95. The van der Waals surface area contributed by atoms with E-state index in [1.165, 1.54) is 11.1 Å². The molecule has 0 bridgehead atoms. The Balaban J connectivity index is 1.67. The van der Waals surface area contributed by atoms with Gasteiger partial charge in [-0.25, -0.2) is 0 Å². The summed E-state index contributed by atoms with van der Waals surface area (Å²) in [5.41, 5.74) is 4.32. The number of hydrogen-bond acceptors (Lipinski definition) is 4. The highest BCUT2D eigenvalue weighted by Crippen LogP contribution is 2.21. The van der Waals surface area contributed by atoms with Gasteiger partial charge in [-0.2, -0.15) is 0 Å². The molecule has 5 nitrogen and oxygen atoms in total. The number of aromatic nitrogens is 1. The van der Waals surface area contributed by atoms with E-state index in [1.807, 2.05) is 4.90 Å². The maximum atomic E-state index is 12.9. The van der Waals surface area contributed by atoms with E-state index in [2.05, 4.69) is 49.4 Å². The summed E-state index contributed by atoms with van der Waals surface area (Å²) in [6, 6.07) is 6.70. The number of nitrogens with zero attached hydrogens (tertiary/aromatic N) is 2. The van der Waals surface area contributed by atoms with E-state index in [0.717, 1.165) is 37.9 Å². The van der Waals surface area contributed by atoms with Gasteiger partial charge in [-0.1, -0.05) is 18.1 Å². The fourth-order valence-corrected chi connectivity index (χ4v) is 3.36. The Labute approximate surface area is 149 Å². The normalized spacial score (nSPS) is 17.6. The number of benzene rings is 1. The molecule has 134 valence electrons. The van der Waals surface area contributed by atoms with Gasteiger partial charge in [0, 0.05) is 31.2 Å². The highest BCUT2D eigenvalue weighted by atomic mass is 16.5. The molecule has 1 aromatic heterocycles. The second kappa shape index (κ2) is 7.72. The maximum absolute atomic E-state index is 12.9. The van der Waals surface area contributed by atoms with Crippen molar-refractivity contribution in [1.29, 1.82) is 0 Å². The second-order valence-corrected chi connectivity index (χ2v) is 6.95. The van der Waals surface area contributed by atoms with Gasteiger partial charge in [-0.05, 0) is 56.4 Å². The predicted molar refractivity (Wildman–Crippen MR) is 99.0 cm³/mol. The van der Waals surface area contributed by atoms with Gasteiger partial charge in [0.05, 0.1) is 6.20 Å². The highest BCUT2D eigenvalue weighted by molar-refractivity contribution is 5.95. The Morgan fingerprint density at radius 2 is 2.20 bits per heavy atom. The van der Waals surface area contributed by atoms with Crippen molar-refractivity contribution in [1.82, 2.24) is 10.1 Å². The van der Waals surface area contributed by atoms with Crippen LogP contribution in [-0.4, -0.2) is 35.1 Å². The number of nitrogens with one attached hydrogen (secondary N) is 1. The number of piperidine rings is 1. The number of amides is 1. The van der Waals surface area contributed by atoms with Gasteiger partial charge < -0.3 is 14.7 Å². The van der Waals surface area contributed by atoms with Crippen LogP contribution in [-0.2, 0) is 6.42 Å². The van der Waals surface area contributed by atoms with Gasteiger partial charge in [0.1, 0.15) is 11.3 Å². The van der Waals surface area contributed by atoms with Crippen molar-refractivity contribution < 1.29 is 9.32 Å². The lowest BCUT2D eigenvalue weighted by molar-refractivity contribution is 0.0712. The molecule has 1 saturated heterocycles. The zero-order valence-electron chi connectivity index (χ0n) is 15.3. The Morgan fingerprint density at radius 1 is 1.36 bits per heavy atom. The maximum Gasteiger partial charge on any atom is 0.259 e. The molecule has 0 aliphatic carbocycles. The summed E-state index contributed by atoms with van der Waals surface area (Å²) in [6.07, 6.45) is 5.32. The van der Waals surface area contributed by atoms with Gasteiger partial charge in [0.15, 0.2) is 0 Å². The third-order valence-electron chi connectivity index (χ3n) is 4.94. The van der Waals surface area contributed by atoms with Crippen LogP contribution in [0.5, 0.6) is 0 Å². The molecule has 1 atom stereocenters. The molecule has 1 fully saturated rings. The quantitative estimate of drug-likeness (QED) is 0.894. The summed E-state index contributed by atoms with van der Waals surface area (Å²) in [4.78, 5) is 14.8. The van der Waals surface area contributed by atoms with Crippen molar-refractivity contribution in [3.63, 3.8) is 0 Å². The van der Waals surface area contributed by atoms with Crippen LogP contribution in [0.3, 0.4) is 0 Å². The molecule has 3 rings (SSSR count). The van der Waals surface area contributed by atoms with Crippen LogP contribution in [0.25, 0.3) is 0 Å². The van der Waals surface area contributed by atoms with Crippen LogP contribution in [0.2, 0.25) is 0 Å². The molecule has 0 unspecified atom stereocenters. The van der Waals surface area contributed by atoms with Crippen molar-refractivity contribution in [2.24, 2.45) is 0 Å². The van der Waals surface area contributed by atoms with E-state index in [0.29, 0.717) is 17.9 Å². The summed E-state index contributed by atoms with van der Waals surface area (Å²) in [7, 11) is 0. The minimum absolute atomic E-state index is 0.0382. The van der Waals surface area contributed by atoms with E-state index in [-0.39, 0.29) is 11.9 Å². The van der Waals surface area contributed by atoms with Crippen LogP contribution in [0, 0.1) is 13.8 Å². The first-order valence-electron chi connectivity index (χ1n) is 9.15. The van der Waals surface area contributed by atoms with Crippen LogP contribution >= 0.6 is 0 Å². The molecule has 1 amide bonds. The van der Waals surface area contributed by atoms with Gasteiger partial charge in [0.25, 0.3) is 5.91 Å². The molecule has 25 heavy (non-hydrogen) atoms. The molecule has 0 radical (unpaired) electrons. The summed E-state index contributed by atoms with van der Waals surface area (Å²) >= 11 is 0. The van der Waals surface area contributed by atoms with Crippen LogP contribution in [0.4, 0.5) is 5.69 Å². The van der Waals surface area contributed by atoms with Crippen molar-refractivity contribution in [2.75, 3.05) is 18.4 Å². The molecule has 5 heteroatoms. The minimum atomic E-state index is 0.0382. The standard InChI is InChI=1S/C20H27N3O2/c1-4-6-19-18(12-21-25-19)20(24)23-10-5-7-17(13-23)22-16-9-8-14(2)15(3)11-16/h8-9,11-12,17,22H,4-7,10,13H2,1-3H3/t17-/m0/s1.